The molecule has 0 bridgehead atoms. The molecule has 2 aliphatic heterocycles. The van der Waals surface area contributed by atoms with Gasteiger partial charge >= 0.3 is 0 Å². The summed E-state index contributed by atoms with van der Waals surface area (Å²) in [5.74, 6) is 0.480. The largest absolute Gasteiger partial charge is 0.340 e. The summed E-state index contributed by atoms with van der Waals surface area (Å²) in [5.41, 5.74) is 0. The van der Waals surface area contributed by atoms with Crippen molar-refractivity contribution in [3.8, 4) is 0 Å². The quantitative estimate of drug-likeness (QED) is 0.773. The summed E-state index contributed by atoms with van der Waals surface area (Å²) in [5, 5.41) is 0. The highest BCUT2D eigenvalue weighted by Crippen LogP contribution is 2.17. The molecule has 20 heavy (non-hydrogen) atoms. The minimum atomic E-state index is 0.223. The molecule has 0 aromatic heterocycles. The lowest BCUT2D eigenvalue weighted by Crippen LogP contribution is -2.53. The van der Waals surface area contributed by atoms with Crippen molar-refractivity contribution in [1.29, 1.82) is 0 Å². The van der Waals surface area contributed by atoms with Crippen molar-refractivity contribution in [2.75, 3.05) is 39.3 Å². The van der Waals surface area contributed by atoms with Gasteiger partial charge in [0.15, 0.2) is 0 Å². The van der Waals surface area contributed by atoms with E-state index in [0.29, 0.717) is 19.0 Å². The van der Waals surface area contributed by atoms with Crippen LogP contribution in [0.15, 0.2) is 0 Å². The average molecular weight is 281 g/mol. The molecular formula is C15H27N3O2. The second-order valence-corrected chi connectivity index (χ2v) is 5.94. The Bertz CT molecular complexity index is 351. The lowest BCUT2D eigenvalue weighted by Gasteiger charge is -2.38. The van der Waals surface area contributed by atoms with Crippen LogP contribution in [0.4, 0.5) is 0 Å². The van der Waals surface area contributed by atoms with Crippen molar-refractivity contribution in [3.63, 3.8) is 0 Å². The van der Waals surface area contributed by atoms with Gasteiger partial charge in [0.25, 0.3) is 0 Å². The molecule has 0 aliphatic carbocycles. The molecule has 0 saturated carbocycles. The summed E-state index contributed by atoms with van der Waals surface area (Å²) in [6.45, 7) is 8.63. The lowest BCUT2D eigenvalue weighted by molar-refractivity contribution is -0.137. The smallest absolute Gasteiger partial charge is 0.236 e. The van der Waals surface area contributed by atoms with Gasteiger partial charge in [-0.05, 0) is 26.2 Å². The molecule has 2 heterocycles. The van der Waals surface area contributed by atoms with Crippen molar-refractivity contribution in [3.05, 3.63) is 0 Å². The molecule has 0 radical (unpaired) electrons. The summed E-state index contributed by atoms with van der Waals surface area (Å²) in [4.78, 5) is 30.1. The van der Waals surface area contributed by atoms with Gasteiger partial charge in [0.05, 0.1) is 6.54 Å². The van der Waals surface area contributed by atoms with E-state index in [1.165, 1.54) is 6.42 Å². The molecule has 2 rings (SSSR count). The number of likely N-dealkylation sites (tertiary alicyclic amines) is 1. The molecule has 2 saturated heterocycles. The van der Waals surface area contributed by atoms with Crippen molar-refractivity contribution < 1.29 is 9.59 Å². The molecule has 2 amide bonds. The predicted octanol–water partition coefficient (Wildman–Crippen LogP) is 0.942. The third kappa shape index (κ3) is 3.72. The molecule has 5 nitrogen and oxygen atoms in total. The summed E-state index contributed by atoms with van der Waals surface area (Å²) >= 11 is 0. The average Bonchev–Trinajstić information content (AvgIpc) is 2.47. The number of hydrogen-bond acceptors (Lipinski definition) is 3. The van der Waals surface area contributed by atoms with Gasteiger partial charge in [-0.2, -0.15) is 0 Å². The van der Waals surface area contributed by atoms with Crippen LogP contribution in [0.3, 0.4) is 0 Å². The van der Waals surface area contributed by atoms with Gasteiger partial charge in [0.1, 0.15) is 0 Å². The Balaban J connectivity index is 1.77. The number of piperidine rings is 1. The van der Waals surface area contributed by atoms with Gasteiger partial charge in [-0.15, -0.1) is 0 Å². The van der Waals surface area contributed by atoms with Crippen molar-refractivity contribution in [2.24, 2.45) is 0 Å². The molecule has 0 aromatic carbocycles. The Labute approximate surface area is 121 Å². The van der Waals surface area contributed by atoms with E-state index >= 15 is 0 Å². The van der Waals surface area contributed by atoms with Crippen LogP contribution >= 0.6 is 0 Å². The number of carbonyl (C=O) groups is 2. The van der Waals surface area contributed by atoms with E-state index in [1.54, 1.807) is 0 Å². The van der Waals surface area contributed by atoms with Gasteiger partial charge < -0.3 is 9.80 Å². The van der Waals surface area contributed by atoms with E-state index in [4.69, 9.17) is 0 Å². The van der Waals surface area contributed by atoms with Crippen LogP contribution in [0.25, 0.3) is 0 Å². The fourth-order valence-electron chi connectivity index (χ4n) is 3.13. The SMILES string of the molecule is CCC(=O)N1CCN(CC(=O)N2CCCCC2C)CC1. The van der Waals surface area contributed by atoms with Crippen LogP contribution in [0.1, 0.15) is 39.5 Å². The molecule has 1 unspecified atom stereocenters. The maximum atomic E-state index is 12.4. The standard InChI is InChI=1S/C15H27N3O2/c1-3-14(19)17-10-8-16(9-11-17)12-15(20)18-7-5-4-6-13(18)2/h13H,3-12H2,1-2H3. The van der Waals surface area contributed by atoms with Crippen molar-refractivity contribution in [1.82, 2.24) is 14.7 Å². The fourth-order valence-corrected chi connectivity index (χ4v) is 3.13. The summed E-state index contributed by atoms with van der Waals surface area (Å²) in [7, 11) is 0. The normalized spacial score (nSPS) is 24.8. The van der Waals surface area contributed by atoms with Gasteiger partial charge in [0, 0.05) is 45.2 Å². The van der Waals surface area contributed by atoms with Crippen LogP contribution < -0.4 is 0 Å². The van der Waals surface area contributed by atoms with E-state index in [9.17, 15) is 9.59 Å². The van der Waals surface area contributed by atoms with Gasteiger partial charge in [-0.3, -0.25) is 14.5 Å². The van der Waals surface area contributed by atoms with Gasteiger partial charge in [-0.25, -0.2) is 0 Å². The Hall–Kier alpha value is -1.10. The van der Waals surface area contributed by atoms with Gasteiger partial charge in [-0.1, -0.05) is 6.92 Å². The second kappa shape index (κ2) is 7.07. The highest BCUT2D eigenvalue weighted by atomic mass is 16.2. The minimum absolute atomic E-state index is 0.223. The third-order valence-corrected chi connectivity index (χ3v) is 4.51. The molecule has 0 aromatic rings. The molecular weight excluding hydrogens is 254 g/mol. The number of nitrogens with zero attached hydrogens (tertiary/aromatic N) is 3. The number of carbonyl (C=O) groups excluding carboxylic acids is 2. The molecule has 2 aliphatic rings. The molecule has 5 heteroatoms. The molecule has 0 spiro atoms. The zero-order chi connectivity index (χ0) is 14.5. The van der Waals surface area contributed by atoms with Crippen LogP contribution in [0.2, 0.25) is 0 Å². The zero-order valence-electron chi connectivity index (χ0n) is 12.8. The first-order chi connectivity index (χ1) is 9.61. The Morgan fingerprint density at radius 2 is 1.70 bits per heavy atom. The molecule has 114 valence electrons. The molecule has 2 fully saturated rings. The Morgan fingerprint density at radius 1 is 1.00 bits per heavy atom. The minimum Gasteiger partial charge on any atom is -0.340 e. The Morgan fingerprint density at radius 3 is 2.30 bits per heavy atom. The first kappa shape index (κ1) is 15.3. The maximum Gasteiger partial charge on any atom is 0.236 e. The van der Waals surface area contributed by atoms with E-state index in [2.05, 4.69) is 11.8 Å². The van der Waals surface area contributed by atoms with Crippen molar-refractivity contribution in [2.45, 2.75) is 45.6 Å². The van der Waals surface area contributed by atoms with Crippen LogP contribution in [-0.4, -0.2) is 71.8 Å². The third-order valence-electron chi connectivity index (χ3n) is 4.51. The lowest BCUT2D eigenvalue weighted by atomic mass is 10.0. The zero-order valence-corrected chi connectivity index (χ0v) is 12.8. The number of hydrogen-bond donors (Lipinski definition) is 0. The van der Waals surface area contributed by atoms with E-state index in [1.807, 2.05) is 16.7 Å². The first-order valence-corrected chi connectivity index (χ1v) is 7.91. The van der Waals surface area contributed by atoms with E-state index in [0.717, 1.165) is 45.6 Å². The molecule has 1 atom stereocenters. The van der Waals surface area contributed by atoms with Crippen LogP contribution in [-0.2, 0) is 9.59 Å². The van der Waals surface area contributed by atoms with E-state index < -0.39 is 0 Å². The van der Waals surface area contributed by atoms with Crippen molar-refractivity contribution >= 4 is 11.8 Å². The highest BCUT2D eigenvalue weighted by molar-refractivity contribution is 5.79. The van der Waals surface area contributed by atoms with E-state index in [-0.39, 0.29) is 11.8 Å². The summed E-state index contributed by atoms with van der Waals surface area (Å²) in [6.07, 6.45) is 4.08. The summed E-state index contributed by atoms with van der Waals surface area (Å²) < 4.78 is 0. The monoisotopic (exact) mass is 281 g/mol. The topological polar surface area (TPSA) is 43.9 Å². The van der Waals surface area contributed by atoms with Gasteiger partial charge in [0.2, 0.25) is 11.8 Å². The number of rotatable bonds is 3. The second-order valence-electron chi connectivity index (χ2n) is 5.94. The predicted molar refractivity (Wildman–Crippen MR) is 78.3 cm³/mol. The highest BCUT2D eigenvalue weighted by Gasteiger charge is 2.26. The van der Waals surface area contributed by atoms with Crippen LogP contribution in [0.5, 0.6) is 0 Å². The first-order valence-electron chi connectivity index (χ1n) is 7.91. The molecule has 0 N–H and O–H groups in total. The number of piperazine rings is 1. The van der Waals surface area contributed by atoms with Crippen LogP contribution in [0, 0.1) is 0 Å². The maximum absolute atomic E-state index is 12.4. The number of amides is 2. The Kier molecular flexibility index (Phi) is 5.40. The summed E-state index contributed by atoms with van der Waals surface area (Å²) in [6, 6.07) is 0.388. The fraction of sp³-hybridized carbons (Fsp3) is 0.867.